The Balaban J connectivity index is 1.78. The molecule has 0 saturated carbocycles. The van der Waals surface area contributed by atoms with Crippen molar-refractivity contribution >= 4 is 23.2 Å². The quantitative estimate of drug-likeness (QED) is 0.651. The van der Waals surface area contributed by atoms with Crippen LogP contribution in [0.1, 0.15) is 6.92 Å². The molecule has 2 aromatic carbocycles. The maximum absolute atomic E-state index is 14.3. The number of benzene rings is 2. The molecule has 3 rings (SSSR count). The summed E-state index contributed by atoms with van der Waals surface area (Å²) < 4.78 is 20.2. The number of aromatic nitrogens is 2. The number of anilines is 2. The number of hydrogen-bond donors (Lipinski definition) is 2. The van der Waals surface area contributed by atoms with Crippen molar-refractivity contribution in [3.05, 3.63) is 70.8 Å². The van der Waals surface area contributed by atoms with E-state index in [1.165, 1.54) is 38.3 Å². The Hall–Kier alpha value is -4.01. The third kappa shape index (κ3) is 5.07. The maximum Gasteiger partial charge on any atom is 0.267 e. The van der Waals surface area contributed by atoms with Gasteiger partial charge >= 0.3 is 0 Å². The number of nitrogens with one attached hydrogen (secondary N) is 2. The van der Waals surface area contributed by atoms with Crippen LogP contribution in [0.3, 0.4) is 0 Å². The highest BCUT2D eigenvalue weighted by molar-refractivity contribution is 5.93. The Morgan fingerprint density at radius 1 is 1.07 bits per heavy atom. The normalized spacial score (nSPS) is 10.4. The molecule has 0 radical (unpaired) electrons. The fourth-order valence-corrected chi connectivity index (χ4v) is 2.75. The Bertz CT molecular complexity index is 1160. The molecule has 8 nitrogen and oxygen atoms in total. The summed E-state index contributed by atoms with van der Waals surface area (Å²) in [5.41, 5.74) is 0.835. The molecule has 0 aliphatic carbocycles. The highest BCUT2D eigenvalue weighted by atomic mass is 19.1. The van der Waals surface area contributed by atoms with Crippen LogP contribution in [0.2, 0.25) is 0 Å². The number of ether oxygens (including phenoxy) is 1. The van der Waals surface area contributed by atoms with E-state index in [1.54, 1.807) is 30.3 Å². The van der Waals surface area contributed by atoms with Crippen LogP contribution in [0.4, 0.5) is 15.8 Å². The van der Waals surface area contributed by atoms with Gasteiger partial charge in [0.25, 0.3) is 5.56 Å². The highest BCUT2D eigenvalue weighted by Gasteiger charge is 2.12. The minimum atomic E-state index is -0.564. The van der Waals surface area contributed by atoms with Crippen LogP contribution in [0, 0.1) is 5.82 Å². The molecule has 154 valence electrons. The van der Waals surface area contributed by atoms with Gasteiger partial charge in [0.15, 0.2) is 0 Å². The molecule has 0 aliphatic heterocycles. The van der Waals surface area contributed by atoms with Gasteiger partial charge in [-0.3, -0.25) is 14.4 Å². The van der Waals surface area contributed by atoms with Crippen molar-refractivity contribution in [3.63, 3.8) is 0 Å². The fraction of sp³-hybridized carbons (Fsp3) is 0.143. The summed E-state index contributed by atoms with van der Waals surface area (Å²) in [6, 6.07) is 13.4. The molecule has 1 heterocycles. The first kappa shape index (κ1) is 20.7. The lowest BCUT2D eigenvalue weighted by Gasteiger charge is -2.10. The summed E-state index contributed by atoms with van der Waals surface area (Å²) in [4.78, 5) is 35.6. The van der Waals surface area contributed by atoms with Crippen LogP contribution in [0.5, 0.6) is 5.75 Å². The average Bonchev–Trinajstić information content (AvgIpc) is 2.69. The van der Waals surface area contributed by atoms with E-state index in [1.807, 2.05) is 0 Å². The molecule has 0 unspecified atom stereocenters. The Morgan fingerprint density at radius 2 is 1.80 bits per heavy atom. The number of halogens is 1. The zero-order chi connectivity index (χ0) is 21.7. The number of carbonyl (C=O) groups is 2. The van der Waals surface area contributed by atoms with Crippen LogP contribution in [-0.2, 0) is 16.1 Å². The molecule has 0 saturated heterocycles. The molecule has 0 bridgehead atoms. The van der Waals surface area contributed by atoms with E-state index in [-0.39, 0.29) is 23.7 Å². The van der Waals surface area contributed by atoms with E-state index in [4.69, 9.17) is 4.74 Å². The first-order chi connectivity index (χ1) is 14.4. The molecular weight excluding hydrogens is 391 g/mol. The van der Waals surface area contributed by atoms with E-state index in [2.05, 4.69) is 15.7 Å². The molecule has 2 amide bonds. The maximum atomic E-state index is 14.3. The van der Waals surface area contributed by atoms with Crippen molar-refractivity contribution in [2.75, 3.05) is 17.7 Å². The average molecular weight is 410 g/mol. The second kappa shape index (κ2) is 8.99. The van der Waals surface area contributed by atoms with E-state index < -0.39 is 17.3 Å². The van der Waals surface area contributed by atoms with Crippen molar-refractivity contribution in [1.29, 1.82) is 0 Å². The van der Waals surface area contributed by atoms with Gasteiger partial charge in [-0.1, -0.05) is 6.07 Å². The van der Waals surface area contributed by atoms with Crippen LogP contribution in [0.15, 0.2) is 59.4 Å². The molecule has 0 aliphatic rings. The van der Waals surface area contributed by atoms with E-state index in [0.29, 0.717) is 17.1 Å². The van der Waals surface area contributed by atoms with E-state index >= 15 is 0 Å². The van der Waals surface area contributed by atoms with Gasteiger partial charge < -0.3 is 15.4 Å². The predicted octanol–water partition coefficient (Wildman–Crippen LogP) is 2.66. The van der Waals surface area contributed by atoms with E-state index in [0.717, 1.165) is 4.68 Å². The lowest BCUT2D eigenvalue weighted by molar-refractivity contribution is -0.117. The van der Waals surface area contributed by atoms with Gasteiger partial charge in [-0.05, 0) is 36.4 Å². The summed E-state index contributed by atoms with van der Waals surface area (Å²) in [5, 5.41) is 9.35. The largest absolute Gasteiger partial charge is 0.497 e. The zero-order valence-electron chi connectivity index (χ0n) is 16.3. The summed E-state index contributed by atoms with van der Waals surface area (Å²) in [6.45, 7) is 1.01. The third-order valence-corrected chi connectivity index (χ3v) is 4.08. The lowest BCUT2D eigenvalue weighted by atomic mass is 10.1. The fourth-order valence-electron chi connectivity index (χ4n) is 2.75. The van der Waals surface area contributed by atoms with Crippen molar-refractivity contribution in [2.45, 2.75) is 13.5 Å². The number of hydrogen-bond acceptors (Lipinski definition) is 5. The second-order valence-corrected chi connectivity index (χ2v) is 6.37. The number of carbonyl (C=O) groups excluding carboxylic acids is 2. The standard InChI is InChI=1S/C21H19FN4O4/c1-13(27)23-14-4-3-5-15(10-14)24-20(28)12-26-21(29)9-8-19(25-26)17-7-6-16(30-2)11-18(17)22/h3-11H,12H2,1-2H3,(H,23,27)(H,24,28). The number of amides is 2. The molecule has 9 heteroatoms. The zero-order valence-corrected chi connectivity index (χ0v) is 16.3. The highest BCUT2D eigenvalue weighted by Crippen LogP contribution is 2.24. The van der Waals surface area contributed by atoms with Gasteiger partial charge in [-0.2, -0.15) is 5.10 Å². The second-order valence-electron chi connectivity index (χ2n) is 6.37. The molecule has 3 aromatic rings. The molecule has 0 fully saturated rings. The molecular formula is C21H19FN4O4. The summed E-state index contributed by atoms with van der Waals surface area (Å²) in [6.07, 6.45) is 0. The Kier molecular flexibility index (Phi) is 6.21. The molecule has 0 spiro atoms. The minimum Gasteiger partial charge on any atom is -0.497 e. The van der Waals surface area contributed by atoms with E-state index in [9.17, 15) is 18.8 Å². The van der Waals surface area contributed by atoms with Crippen molar-refractivity contribution < 1.29 is 18.7 Å². The summed E-state index contributed by atoms with van der Waals surface area (Å²) in [5.74, 6) is -0.953. The van der Waals surface area contributed by atoms with Crippen LogP contribution in [0.25, 0.3) is 11.3 Å². The number of nitrogens with zero attached hydrogens (tertiary/aromatic N) is 2. The molecule has 0 atom stereocenters. The molecule has 2 N–H and O–H groups in total. The van der Waals surface area contributed by atoms with Crippen molar-refractivity contribution in [2.24, 2.45) is 0 Å². The monoisotopic (exact) mass is 410 g/mol. The van der Waals surface area contributed by atoms with Crippen LogP contribution < -0.4 is 20.9 Å². The van der Waals surface area contributed by atoms with Crippen molar-refractivity contribution in [1.82, 2.24) is 9.78 Å². The predicted molar refractivity (Wildman–Crippen MR) is 110 cm³/mol. The van der Waals surface area contributed by atoms with Gasteiger partial charge in [0.1, 0.15) is 18.1 Å². The summed E-state index contributed by atoms with van der Waals surface area (Å²) >= 11 is 0. The first-order valence-electron chi connectivity index (χ1n) is 8.95. The topological polar surface area (TPSA) is 102 Å². The van der Waals surface area contributed by atoms with Gasteiger partial charge in [-0.15, -0.1) is 0 Å². The Labute approximate surface area is 171 Å². The minimum absolute atomic E-state index is 0.174. The van der Waals surface area contributed by atoms with Gasteiger partial charge in [0.05, 0.1) is 12.8 Å². The number of methoxy groups -OCH3 is 1. The van der Waals surface area contributed by atoms with Gasteiger partial charge in [0.2, 0.25) is 11.8 Å². The number of rotatable bonds is 6. The van der Waals surface area contributed by atoms with Crippen molar-refractivity contribution in [3.8, 4) is 17.0 Å². The van der Waals surface area contributed by atoms with Crippen LogP contribution in [-0.4, -0.2) is 28.7 Å². The third-order valence-electron chi connectivity index (χ3n) is 4.08. The SMILES string of the molecule is COc1ccc(-c2ccc(=O)n(CC(=O)Nc3cccc(NC(C)=O)c3)n2)c(F)c1. The van der Waals surface area contributed by atoms with Gasteiger partial charge in [-0.25, -0.2) is 9.07 Å². The lowest BCUT2D eigenvalue weighted by Crippen LogP contribution is -2.29. The Morgan fingerprint density at radius 3 is 2.47 bits per heavy atom. The first-order valence-corrected chi connectivity index (χ1v) is 8.95. The molecule has 30 heavy (non-hydrogen) atoms. The molecule has 1 aromatic heterocycles. The summed E-state index contributed by atoms with van der Waals surface area (Å²) in [7, 11) is 1.43. The smallest absolute Gasteiger partial charge is 0.267 e. The van der Waals surface area contributed by atoms with Crippen LogP contribution >= 0.6 is 0 Å². The van der Waals surface area contributed by atoms with Gasteiger partial charge in [0, 0.05) is 36.0 Å².